The zero-order valence-electron chi connectivity index (χ0n) is 8.97. The van der Waals surface area contributed by atoms with E-state index in [1.807, 2.05) is 6.92 Å². The van der Waals surface area contributed by atoms with Crippen molar-refractivity contribution < 1.29 is 29.6 Å². The number of carboxylic acids is 1. The average molecular weight is 264 g/mol. The Hall–Kier alpha value is 0.120. The van der Waals surface area contributed by atoms with Gasteiger partial charge in [0.15, 0.2) is 6.79 Å². The number of aliphatic carboxylic acids is 1. The normalized spacial score (nSPS) is 10.2. The van der Waals surface area contributed by atoms with E-state index in [1.165, 1.54) is 6.92 Å². The zero-order valence-corrected chi connectivity index (χ0v) is 8.97. The molecular weight excluding hydrogens is 244 g/mol. The molecule has 0 aromatic carbocycles. The molecule has 0 aromatic rings. The Morgan fingerprint density at radius 3 is 2.06 bits per heavy atom. The zero-order chi connectivity index (χ0) is 12.3. The Bertz CT molecular complexity index is 175. The Morgan fingerprint density at radius 2 is 1.88 bits per heavy atom. The van der Waals surface area contributed by atoms with Crippen LogP contribution in [0.15, 0.2) is 0 Å². The minimum atomic E-state index is -0.963. The molecule has 6 nitrogen and oxygen atoms in total. The number of carboxylic acid groups (broad SMARTS) is 1. The van der Waals surface area contributed by atoms with Crippen LogP contribution in [-0.2, 0) is 14.3 Å². The Balaban J connectivity index is -0.000000200. The van der Waals surface area contributed by atoms with E-state index in [4.69, 9.17) is 15.3 Å². The van der Waals surface area contributed by atoms with Gasteiger partial charge in [-0.25, -0.2) is 0 Å². The first kappa shape index (κ1) is 21.4. The van der Waals surface area contributed by atoms with E-state index in [1.54, 1.807) is 0 Å². The van der Waals surface area contributed by atoms with Crippen molar-refractivity contribution in [3.8, 4) is 0 Å². The van der Waals surface area contributed by atoms with Gasteiger partial charge in [0.1, 0.15) is 0 Å². The molecule has 0 spiro atoms. The number of aliphatic hydroxyl groups excluding tert-OH is 2. The van der Waals surface area contributed by atoms with Crippen LogP contribution >= 0.6 is 0 Å². The molecule has 1 atom stereocenters. The fourth-order valence-corrected chi connectivity index (χ4v) is 0.601. The van der Waals surface area contributed by atoms with Crippen molar-refractivity contribution >= 4 is 49.7 Å². The van der Waals surface area contributed by atoms with Crippen LogP contribution in [0, 0.1) is 0 Å². The summed E-state index contributed by atoms with van der Waals surface area (Å²) in [4.78, 5) is 19.9. The number of esters is 1. The first-order valence-corrected chi connectivity index (χ1v) is 4.60. The van der Waals surface area contributed by atoms with E-state index >= 15 is 0 Å². The van der Waals surface area contributed by atoms with Crippen molar-refractivity contribution in [1.29, 1.82) is 0 Å². The molecule has 1 unspecified atom stereocenters. The molecule has 0 aliphatic carbocycles. The van der Waals surface area contributed by atoms with Gasteiger partial charge in [-0.1, -0.05) is 6.92 Å². The van der Waals surface area contributed by atoms with Gasteiger partial charge in [-0.2, -0.15) is 0 Å². The van der Waals surface area contributed by atoms with Crippen LogP contribution < -0.4 is 0 Å². The van der Waals surface area contributed by atoms with Gasteiger partial charge >= 0.3 is 49.7 Å². The van der Waals surface area contributed by atoms with E-state index in [0.29, 0.717) is 6.42 Å². The molecule has 0 aromatic heterocycles. The second-order valence-corrected chi connectivity index (χ2v) is 2.84. The van der Waals surface area contributed by atoms with E-state index in [2.05, 4.69) is 4.74 Å². The molecule has 0 bridgehead atoms. The van der Waals surface area contributed by atoms with Crippen LogP contribution in [0.4, 0.5) is 0 Å². The Morgan fingerprint density at radius 1 is 1.38 bits per heavy atom. The van der Waals surface area contributed by atoms with E-state index in [-0.39, 0.29) is 50.1 Å². The SMILES string of the molecule is CC(O)CC(=O)O.CCCC(=O)OCO.[CaH2]. The number of carbonyl (C=O) groups is 2. The summed E-state index contributed by atoms with van der Waals surface area (Å²) >= 11 is 0. The van der Waals surface area contributed by atoms with E-state index < -0.39 is 18.9 Å². The van der Waals surface area contributed by atoms with Crippen LogP contribution in [0.3, 0.4) is 0 Å². The summed E-state index contributed by atoms with van der Waals surface area (Å²) < 4.78 is 4.20. The fraction of sp³-hybridized carbons (Fsp3) is 0.778. The van der Waals surface area contributed by atoms with Gasteiger partial charge in [-0.05, 0) is 13.3 Å². The molecule has 0 aliphatic heterocycles. The van der Waals surface area contributed by atoms with Gasteiger partial charge in [0.05, 0.1) is 12.5 Å². The summed E-state index contributed by atoms with van der Waals surface area (Å²) in [7, 11) is 0. The molecule has 0 rings (SSSR count). The second kappa shape index (κ2) is 15.1. The van der Waals surface area contributed by atoms with E-state index in [9.17, 15) is 9.59 Å². The number of carbonyl (C=O) groups excluding carboxylic acids is 1. The second-order valence-electron chi connectivity index (χ2n) is 2.84. The van der Waals surface area contributed by atoms with Gasteiger partial charge in [-0.15, -0.1) is 0 Å². The molecule has 0 amide bonds. The number of hydrogen-bond acceptors (Lipinski definition) is 5. The van der Waals surface area contributed by atoms with E-state index in [0.717, 1.165) is 6.42 Å². The predicted molar refractivity (Wildman–Crippen MR) is 60.6 cm³/mol. The van der Waals surface area contributed by atoms with Crippen molar-refractivity contribution in [3.63, 3.8) is 0 Å². The molecule has 0 aliphatic rings. The van der Waals surface area contributed by atoms with Crippen molar-refractivity contribution in [2.45, 2.75) is 39.2 Å². The number of aliphatic hydroxyl groups is 2. The summed E-state index contributed by atoms with van der Waals surface area (Å²) in [5, 5.41) is 24.3. The molecule has 0 saturated carbocycles. The van der Waals surface area contributed by atoms with Crippen LogP contribution in [0.1, 0.15) is 33.1 Å². The molecule has 16 heavy (non-hydrogen) atoms. The minimum absolute atomic E-state index is 0. The van der Waals surface area contributed by atoms with Crippen molar-refractivity contribution in [2.75, 3.05) is 6.79 Å². The number of hydrogen-bond donors (Lipinski definition) is 3. The van der Waals surface area contributed by atoms with Crippen LogP contribution in [0.5, 0.6) is 0 Å². The van der Waals surface area contributed by atoms with Gasteiger partial charge in [-0.3, -0.25) is 9.59 Å². The summed E-state index contributed by atoms with van der Waals surface area (Å²) in [6.45, 7) is 2.81. The average Bonchev–Trinajstić information content (AvgIpc) is 2.03. The van der Waals surface area contributed by atoms with Gasteiger partial charge in [0.2, 0.25) is 0 Å². The molecule has 94 valence electrons. The van der Waals surface area contributed by atoms with Gasteiger partial charge < -0.3 is 20.1 Å². The predicted octanol–water partition coefficient (Wildman–Crippen LogP) is -0.795. The Kier molecular flexibility index (Phi) is 20.2. The van der Waals surface area contributed by atoms with Crippen molar-refractivity contribution in [1.82, 2.24) is 0 Å². The molecule has 0 saturated heterocycles. The molecule has 0 fully saturated rings. The first-order valence-electron chi connectivity index (χ1n) is 4.60. The standard InChI is InChI=1S/C5H10O3.C4H8O3.Ca.2H/c1-2-3-5(7)8-4-6;1-3(5)2-4(6)7;;;/h6H,2-4H2,1H3;3,5H,2H2,1H3,(H,6,7);;;. The third-order valence-corrected chi connectivity index (χ3v) is 1.15. The third-order valence-electron chi connectivity index (χ3n) is 1.15. The summed E-state index contributed by atoms with van der Waals surface area (Å²) in [6, 6.07) is 0. The third kappa shape index (κ3) is 23.7. The van der Waals surface area contributed by atoms with Crippen molar-refractivity contribution in [3.05, 3.63) is 0 Å². The molecule has 0 radical (unpaired) electrons. The summed E-state index contributed by atoms with van der Waals surface area (Å²) in [5.41, 5.74) is 0. The molecule has 3 N–H and O–H groups in total. The fourth-order valence-electron chi connectivity index (χ4n) is 0.601. The van der Waals surface area contributed by atoms with Crippen LogP contribution in [-0.4, -0.2) is 77.9 Å². The summed E-state index contributed by atoms with van der Waals surface area (Å²) in [6.07, 6.45) is 0.261. The van der Waals surface area contributed by atoms with Crippen LogP contribution in [0.2, 0.25) is 0 Å². The number of rotatable bonds is 5. The number of ether oxygens (including phenoxy) is 1. The quantitative estimate of drug-likeness (QED) is 0.341. The monoisotopic (exact) mass is 264 g/mol. The van der Waals surface area contributed by atoms with Gasteiger partial charge in [0.25, 0.3) is 0 Å². The molecular formula is C9H20CaO6. The summed E-state index contributed by atoms with van der Waals surface area (Å²) in [5.74, 6) is -1.30. The topological polar surface area (TPSA) is 104 Å². The van der Waals surface area contributed by atoms with Crippen LogP contribution in [0.25, 0.3) is 0 Å². The first-order chi connectivity index (χ1) is 6.93. The van der Waals surface area contributed by atoms with Gasteiger partial charge in [0, 0.05) is 6.42 Å². The van der Waals surface area contributed by atoms with Crippen molar-refractivity contribution in [2.24, 2.45) is 0 Å². The maximum atomic E-state index is 10.3. The molecule has 7 heteroatoms. The Labute approximate surface area is 125 Å². The molecule has 0 heterocycles. The maximum absolute atomic E-state index is 10.3.